The number of aromatic nitrogens is 8. The largest absolute Gasteiger partial charge is 0.383 e. The van der Waals surface area contributed by atoms with Crippen LogP contribution >= 0.6 is 15.9 Å². The van der Waals surface area contributed by atoms with Gasteiger partial charge in [0.05, 0.1) is 22.9 Å². The fraction of sp³-hybridized carbons (Fsp3) is 0.381. The minimum atomic E-state index is -0.0931. The van der Waals surface area contributed by atoms with Gasteiger partial charge in [-0.1, -0.05) is 0 Å². The summed E-state index contributed by atoms with van der Waals surface area (Å²) in [6.45, 7) is 0.275. The van der Waals surface area contributed by atoms with Gasteiger partial charge in [0.25, 0.3) is 5.91 Å². The van der Waals surface area contributed by atoms with Crippen molar-refractivity contribution in [2.24, 2.45) is 5.73 Å². The molecule has 12 nitrogen and oxygen atoms in total. The zero-order chi connectivity index (χ0) is 23.4. The number of fused-ring (bicyclic) bond motifs is 3. The molecule has 2 saturated heterocycles. The van der Waals surface area contributed by atoms with E-state index in [0.29, 0.717) is 17.3 Å². The van der Waals surface area contributed by atoms with Gasteiger partial charge in [0, 0.05) is 41.5 Å². The second kappa shape index (κ2) is 8.09. The van der Waals surface area contributed by atoms with Crippen LogP contribution in [0.3, 0.4) is 0 Å². The predicted octanol–water partition coefficient (Wildman–Crippen LogP) is 1.66. The van der Waals surface area contributed by atoms with E-state index in [0.717, 1.165) is 47.0 Å². The summed E-state index contributed by atoms with van der Waals surface area (Å²) in [7, 11) is 0. The zero-order valence-corrected chi connectivity index (χ0v) is 19.7. The lowest BCUT2D eigenvalue weighted by Crippen LogP contribution is -2.46. The summed E-state index contributed by atoms with van der Waals surface area (Å²) in [5.74, 6) is 1.39. The van der Waals surface area contributed by atoms with Gasteiger partial charge in [0.15, 0.2) is 5.65 Å². The standard InChI is InChI=1S/C21H22BrN11O/c22-16-17(10-3-12-1-2-13(4-10)32(12)21(34)19-27-9-28-31-19)30-20-14(8-29-33(20)18(16)24)11-6-25-15(5-23)26-7-11/h6-10,12-13H,1-5,23-24H2,(H,27,28,31)/t10?,12-,13?/m1/s1. The van der Waals surface area contributed by atoms with Crippen LogP contribution in [0.2, 0.25) is 0 Å². The van der Waals surface area contributed by atoms with Crippen molar-refractivity contribution in [2.45, 2.75) is 50.2 Å². The number of nitrogen functional groups attached to an aromatic ring is 1. The van der Waals surface area contributed by atoms with Gasteiger partial charge in [-0.05, 0) is 41.6 Å². The number of hydrogen-bond donors (Lipinski definition) is 3. The van der Waals surface area contributed by atoms with Gasteiger partial charge in [0.1, 0.15) is 18.0 Å². The SMILES string of the molecule is NCc1ncc(-c2cnn3c(N)c(Br)c(C4CC5CC[C@H](C4)N5C(=O)c4nnc[nH]4)nc23)cn1. The Morgan fingerprint density at radius 2 is 1.91 bits per heavy atom. The smallest absolute Gasteiger partial charge is 0.292 e. The van der Waals surface area contributed by atoms with E-state index < -0.39 is 0 Å². The highest BCUT2D eigenvalue weighted by molar-refractivity contribution is 9.10. The predicted molar refractivity (Wildman–Crippen MR) is 125 cm³/mol. The van der Waals surface area contributed by atoms with Crippen LogP contribution in [0.4, 0.5) is 5.82 Å². The van der Waals surface area contributed by atoms with Crippen molar-refractivity contribution in [1.82, 2.24) is 44.6 Å². The fourth-order valence-corrected chi connectivity index (χ4v) is 5.83. The lowest BCUT2D eigenvalue weighted by Gasteiger charge is -2.38. The first-order valence-corrected chi connectivity index (χ1v) is 11.9. The first-order valence-electron chi connectivity index (χ1n) is 11.1. The van der Waals surface area contributed by atoms with E-state index in [2.05, 4.69) is 46.2 Å². The van der Waals surface area contributed by atoms with Crippen molar-refractivity contribution in [1.29, 1.82) is 0 Å². The summed E-state index contributed by atoms with van der Waals surface area (Å²) in [6.07, 6.45) is 10.1. The summed E-state index contributed by atoms with van der Waals surface area (Å²) in [6, 6.07) is 0.239. The fourth-order valence-electron chi connectivity index (χ4n) is 5.25. The second-order valence-electron chi connectivity index (χ2n) is 8.69. The number of amides is 1. The molecule has 2 aliphatic heterocycles. The molecule has 2 bridgehead atoms. The third kappa shape index (κ3) is 3.26. The van der Waals surface area contributed by atoms with Crippen molar-refractivity contribution in [3.8, 4) is 11.1 Å². The van der Waals surface area contributed by atoms with Gasteiger partial charge in [-0.3, -0.25) is 4.79 Å². The molecule has 0 spiro atoms. The maximum atomic E-state index is 13.0. The second-order valence-corrected chi connectivity index (χ2v) is 9.48. The molecule has 1 amide bonds. The van der Waals surface area contributed by atoms with E-state index in [-0.39, 0.29) is 36.3 Å². The summed E-state index contributed by atoms with van der Waals surface area (Å²) >= 11 is 3.67. The Morgan fingerprint density at radius 1 is 1.18 bits per heavy atom. The Kier molecular flexibility index (Phi) is 5.03. The molecule has 5 N–H and O–H groups in total. The van der Waals surface area contributed by atoms with Gasteiger partial charge < -0.3 is 21.4 Å². The van der Waals surface area contributed by atoms with Crippen LogP contribution in [-0.4, -0.2) is 62.6 Å². The highest BCUT2D eigenvalue weighted by Gasteiger charge is 2.45. The maximum Gasteiger partial charge on any atom is 0.292 e. The number of carbonyl (C=O) groups is 1. The summed E-state index contributed by atoms with van der Waals surface area (Å²) in [5.41, 5.74) is 15.2. The van der Waals surface area contributed by atoms with Gasteiger partial charge in [-0.2, -0.15) is 9.61 Å². The number of aromatic amines is 1. The molecule has 6 rings (SSSR count). The molecule has 34 heavy (non-hydrogen) atoms. The number of rotatable bonds is 4. The molecule has 4 aromatic rings. The van der Waals surface area contributed by atoms with Crippen molar-refractivity contribution in [3.05, 3.63) is 46.7 Å². The van der Waals surface area contributed by atoms with Crippen molar-refractivity contribution < 1.29 is 4.79 Å². The lowest BCUT2D eigenvalue weighted by molar-refractivity contribution is 0.0557. The first-order chi connectivity index (χ1) is 16.5. The van der Waals surface area contributed by atoms with Crippen LogP contribution < -0.4 is 11.5 Å². The Labute approximate surface area is 202 Å². The summed E-state index contributed by atoms with van der Waals surface area (Å²) < 4.78 is 2.36. The molecule has 0 radical (unpaired) electrons. The van der Waals surface area contributed by atoms with Crippen molar-refractivity contribution >= 4 is 33.3 Å². The summed E-state index contributed by atoms with van der Waals surface area (Å²) in [5, 5.41) is 12.1. The van der Waals surface area contributed by atoms with Crippen LogP contribution in [0.25, 0.3) is 16.8 Å². The first kappa shape index (κ1) is 21.1. The normalized spacial score (nSPS) is 21.9. The number of nitrogens with zero attached hydrogens (tertiary/aromatic N) is 8. The third-order valence-electron chi connectivity index (χ3n) is 6.82. The van der Waals surface area contributed by atoms with E-state index in [4.69, 9.17) is 16.5 Å². The molecule has 3 atom stereocenters. The number of H-pyrrole nitrogens is 1. The lowest BCUT2D eigenvalue weighted by atomic mass is 9.87. The molecule has 2 unspecified atom stereocenters. The number of nitrogens with two attached hydrogens (primary N) is 2. The molecular weight excluding hydrogens is 502 g/mol. The minimum Gasteiger partial charge on any atom is -0.383 e. The molecule has 0 aliphatic carbocycles. The van der Waals surface area contributed by atoms with Gasteiger partial charge >= 0.3 is 0 Å². The van der Waals surface area contributed by atoms with Crippen LogP contribution in [0, 0.1) is 0 Å². The highest BCUT2D eigenvalue weighted by Crippen LogP contribution is 2.45. The van der Waals surface area contributed by atoms with Crippen molar-refractivity contribution in [2.75, 3.05) is 5.73 Å². The van der Waals surface area contributed by atoms with Gasteiger partial charge in [-0.15, -0.1) is 10.2 Å². The Morgan fingerprint density at radius 3 is 2.56 bits per heavy atom. The van der Waals surface area contributed by atoms with Gasteiger partial charge in [-0.25, -0.2) is 15.0 Å². The van der Waals surface area contributed by atoms with Crippen molar-refractivity contribution in [3.63, 3.8) is 0 Å². The molecule has 4 aromatic heterocycles. The molecule has 0 aromatic carbocycles. The molecule has 2 fully saturated rings. The van der Waals surface area contributed by atoms with Gasteiger partial charge in [0.2, 0.25) is 5.82 Å². The molecular formula is C21H22BrN11O. The summed E-state index contributed by atoms with van der Waals surface area (Å²) in [4.78, 5) is 31.4. The number of hydrogen-bond acceptors (Lipinski definition) is 9. The number of nitrogens with one attached hydrogen (secondary N) is 1. The molecule has 2 aliphatic rings. The van der Waals surface area contributed by atoms with E-state index in [1.807, 2.05) is 4.90 Å². The topological polar surface area (TPSA) is 170 Å². The van der Waals surface area contributed by atoms with Crippen LogP contribution in [0.1, 0.15) is 53.7 Å². The monoisotopic (exact) mass is 523 g/mol. The quantitative estimate of drug-likeness (QED) is 0.359. The van der Waals surface area contributed by atoms with Crippen LogP contribution in [0.5, 0.6) is 0 Å². The zero-order valence-electron chi connectivity index (χ0n) is 18.1. The number of anilines is 1. The Hall–Kier alpha value is -3.45. The molecule has 13 heteroatoms. The number of halogens is 1. The third-order valence-corrected chi connectivity index (χ3v) is 7.63. The Balaban J connectivity index is 1.35. The average Bonchev–Trinajstić information content (AvgIpc) is 3.59. The Bertz CT molecular complexity index is 1350. The highest BCUT2D eigenvalue weighted by atomic mass is 79.9. The van der Waals surface area contributed by atoms with E-state index >= 15 is 0 Å². The molecule has 6 heterocycles. The maximum absolute atomic E-state index is 13.0. The van der Waals surface area contributed by atoms with E-state index in [9.17, 15) is 4.79 Å². The van der Waals surface area contributed by atoms with Crippen LogP contribution in [-0.2, 0) is 6.54 Å². The number of carbonyl (C=O) groups excluding carboxylic acids is 1. The average molecular weight is 524 g/mol. The molecule has 174 valence electrons. The minimum absolute atomic E-state index is 0.0931. The van der Waals surface area contributed by atoms with E-state index in [1.165, 1.54) is 6.33 Å². The van der Waals surface area contributed by atoms with Crippen LogP contribution in [0.15, 0.2) is 29.4 Å². The molecule has 0 saturated carbocycles. The van der Waals surface area contributed by atoms with E-state index in [1.54, 1.807) is 23.1 Å². The number of piperidine rings is 1.